The summed E-state index contributed by atoms with van der Waals surface area (Å²) in [6.07, 6.45) is 6.00. The van der Waals surface area contributed by atoms with E-state index in [-0.39, 0.29) is 5.54 Å². The highest BCUT2D eigenvalue weighted by atomic mass is 16.1. The van der Waals surface area contributed by atoms with Crippen LogP contribution in [0.2, 0.25) is 0 Å². The molecule has 0 atom stereocenters. The lowest BCUT2D eigenvalue weighted by Gasteiger charge is -2.31. The van der Waals surface area contributed by atoms with E-state index in [0.29, 0.717) is 0 Å². The van der Waals surface area contributed by atoms with Gasteiger partial charge in [0.1, 0.15) is 5.54 Å². The zero-order valence-electron chi connectivity index (χ0n) is 11.9. The van der Waals surface area contributed by atoms with Gasteiger partial charge in [-0.15, -0.1) is 0 Å². The van der Waals surface area contributed by atoms with Crippen molar-refractivity contribution in [2.45, 2.75) is 45.1 Å². The molecule has 0 unspecified atom stereocenters. The molecule has 3 nitrogen and oxygen atoms in total. The summed E-state index contributed by atoms with van der Waals surface area (Å²) < 4.78 is 0. The number of carbonyl (C=O) groups excluding carboxylic acids is 1. The molecule has 0 aromatic heterocycles. The monoisotopic (exact) mass is 258 g/mol. The largest absolute Gasteiger partial charge is 0.372 e. The fourth-order valence-electron chi connectivity index (χ4n) is 3.20. The maximum atomic E-state index is 10.9. The summed E-state index contributed by atoms with van der Waals surface area (Å²) >= 11 is 0. The first-order valence-corrected chi connectivity index (χ1v) is 7.21. The van der Waals surface area contributed by atoms with Crippen molar-refractivity contribution in [1.82, 2.24) is 0 Å². The Kier molecular flexibility index (Phi) is 4.39. The molecule has 0 aliphatic heterocycles. The minimum Gasteiger partial charge on any atom is -0.372 e. The van der Waals surface area contributed by atoms with E-state index in [9.17, 15) is 4.79 Å². The van der Waals surface area contributed by atoms with E-state index in [1.54, 1.807) is 0 Å². The summed E-state index contributed by atoms with van der Waals surface area (Å²) in [4.78, 5) is 17.4. The Hall–Kier alpha value is -1.60. The van der Waals surface area contributed by atoms with Crippen molar-refractivity contribution in [1.29, 1.82) is 0 Å². The molecule has 3 heteroatoms. The summed E-state index contributed by atoms with van der Waals surface area (Å²) in [5.41, 5.74) is 2.08. The highest BCUT2D eigenvalue weighted by molar-refractivity contribution is 5.58. The lowest BCUT2D eigenvalue weighted by Crippen LogP contribution is -2.28. The second-order valence-corrected chi connectivity index (χ2v) is 5.13. The van der Waals surface area contributed by atoms with Crippen molar-refractivity contribution in [2.24, 2.45) is 4.99 Å². The van der Waals surface area contributed by atoms with E-state index in [1.807, 2.05) is 12.1 Å². The molecule has 0 N–H and O–H groups in total. The van der Waals surface area contributed by atoms with Gasteiger partial charge in [0.05, 0.1) is 0 Å². The molecule has 0 heterocycles. The molecule has 0 bridgehead atoms. The Morgan fingerprint density at radius 1 is 1.21 bits per heavy atom. The van der Waals surface area contributed by atoms with Crippen molar-refractivity contribution in [3.8, 4) is 0 Å². The van der Waals surface area contributed by atoms with E-state index in [1.165, 1.54) is 11.3 Å². The summed E-state index contributed by atoms with van der Waals surface area (Å²) in [6.45, 7) is 6.25. The number of isocyanates is 1. The van der Waals surface area contributed by atoms with Crippen molar-refractivity contribution in [3.63, 3.8) is 0 Å². The molecule has 19 heavy (non-hydrogen) atoms. The molecule has 0 amide bonds. The Labute approximate surface area is 115 Å². The smallest absolute Gasteiger partial charge is 0.235 e. The van der Waals surface area contributed by atoms with E-state index in [0.717, 1.165) is 38.8 Å². The van der Waals surface area contributed by atoms with Gasteiger partial charge in [-0.3, -0.25) is 0 Å². The molecule has 0 saturated heterocycles. The van der Waals surface area contributed by atoms with E-state index in [4.69, 9.17) is 0 Å². The van der Waals surface area contributed by atoms with Crippen LogP contribution in [0.5, 0.6) is 0 Å². The number of nitrogens with zero attached hydrogens (tertiary/aromatic N) is 2. The van der Waals surface area contributed by atoms with Crippen LogP contribution in [-0.4, -0.2) is 19.2 Å². The van der Waals surface area contributed by atoms with E-state index in [2.05, 4.69) is 41.9 Å². The standard InChI is InChI=1S/C16H22N2O/c1-3-18(4-2)15-10-6-5-9-14(15)16(17-13-19)11-7-8-12-16/h5-6,9-10H,3-4,7-8,11-12H2,1-2H3. The van der Waals surface area contributed by atoms with Gasteiger partial charge in [-0.1, -0.05) is 31.0 Å². The number of aliphatic imine (C=N–C) groups is 1. The van der Waals surface area contributed by atoms with Crippen LogP contribution < -0.4 is 4.90 Å². The van der Waals surface area contributed by atoms with Crippen LogP contribution in [0.25, 0.3) is 0 Å². The summed E-state index contributed by atoms with van der Waals surface area (Å²) in [5.74, 6) is 0. The lowest BCUT2D eigenvalue weighted by molar-refractivity contribution is 0.455. The van der Waals surface area contributed by atoms with Crippen molar-refractivity contribution in [2.75, 3.05) is 18.0 Å². The van der Waals surface area contributed by atoms with Crippen molar-refractivity contribution in [3.05, 3.63) is 29.8 Å². The zero-order valence-corrected chi connectivity index (χ0v) is 11.9. The van der Waals surface area contributed by atoms with E-state index < -0.39 is 0 Å². The van der Waals surface area contributed by atoms with Gasteiger partial charge >= 0.3 is 0 Å². The van der Waals surface area contributed by atoms with Gasteiger partial charge in [-0.05, 0) is 32.8 Å². The molecule has 1 fully saturated rings. The number of rotatable bonds is 5. The number of para-hydroxylation sites is 1. The van der Waals surface area contributed by atoms with Gasteiger partial charge in [-0.25, -0.2) is 4.79 Å². The minimum atomic E-state index is -0.332. The maximum absolute atomic E-state index is 10.9. The van der Waals surface area contributed by atoms with E-state index >= 15 is 0 Å². The van der Waals surface area contributed by atoms with Crippen LogP contribution >= 0.6 is 0 Å². The maximum Gasteiger partial charge on any atom is 0.235 e. The van der Waals surface area contributed by atoms with Crippen LogP contribution in [0.15, 0.2) is 29.3 Å². The average Bonchev–Trinajstić information content (AvgIpc) is 2.91. The van der Waals surface area contributed by atoms with Crippen LogP contribution in [0.4, 0.5) is 5.69 Å². The van der Waals surface area contributed by atoms with Gasteiger partial charge < -0.3 is 4.90 Å². The first-order valence-electron chi connectivity index (χ1n) is 7.21. The Morgan fingerprint density at radius 2 is 1.84 bits per heavy atom. The average molecular weight is 258 g/mol. The normalized spacial score (nSPS) is 16.9. The topological polar surface area (TPSA) is 32.7 Å². The first-order chi connectivity index (χ1) is 9.27. The van der Waals surface area contributed by atoms with Gasteiger partial charge in [0.15, 0.2) is 0 Å². The molecule has 102 valence electrons. The van der Waals surface area contributed by atoms with Crippen LogP contribution in [0.1, 0.15) is 45.1 Å². The highest BCUT2D eigenvalue weighted by Gasteiger charge is 2.37. The number of hydrogen-bond donors (Lipinski definition) is 0. The Balaban J connectivity index is 2.51. The Bertz CT molecular complexity index is 467. The van der Waals surface area contributed by atoms with Gasteiger partial charge in [0, 0.05) is 24.3 Å². The minimum absolute atomic E-state index is 0.332. The van der Waals surface area contributed by atoms with Crippen LogP contribution in [-0.2, 0) is 10.3 Å². The summed E-state index contributed by atoms with van der Waals surface area (Å²) in [7, 11) is 0. The SMILES string of the molecule is CCN(CC)c1ccccc1C1(N=C=O)CCCC1. The van der Waals surface area contributed by atoms with Gasteiger partial charge in [0.25, 0.3) is 0 Å². The Morgan fingerprint density at radius 3 is 2.42 bits per heavy atom. The summed E-state index contributed by atoms with van der Waals surface area (Å²) in [6, 6.07) is 8.37. The lowest BCUT2D eigenvalue weighted by atomic mass is 9.87. The fourth-order valence-corrected chi connectivity index (χ4v) is 3.20. The third-order valence-corrected chi connectivity index (χ3v) is 4.20. The quantitative estimate of drug-likeness (QED) is 0.596. The number of benzene rings is 1. The first kappa shape index (κ1) is 13.8. The van der Waals surface area contributed by atoms with Crippen molar-refractivity contribution < 1.29 is 4.79 Å². The molecule has 1 aromatic rings. The molecule has 2 rings (SSSR count). The molecule has 1 aromatic carbocycles. The molecular weight excluding hydrogens is 236 g/mol. The fraction of sp³-hybridized carbons (Fsp3) is 0.562. The third-order valence-electron chi connectivity index (χ3n) is 4.20. The summed E-state index contributed by atoms with van der Waals surface area (Å²) in [5, 5.41) is 0. The molecule has 0 spiro atoms. The van der Waals surface area contributed by atoms with Crippen molar-refractivity contribution >= 4 is 11.8 Å². The van der Waals surface area contributed by atoms with Gasteiger partial charge in [-0.2, -0.15) is 4.99 Å². The zero-order chi connectivity index (χ0) is 13.7. The second-order valence-electron chi connectivity index (χ2n) is 5.13. The predicted molar refractivity (Wildman–Crippen MR) is 78.3 cm³/mol. The molecular formula is C16H22N2O. The van der Waals surface area contributed by atoms with Gasteiger partial charge in [0.2, 0.25) is 6.08 Å². The predicted octanol–water partition coefficient (Wildman–Crippen LogP) is 3.64. The number of anilines is 1. The van der Waals surface area contributed by atoms with Crippen LogP contribution in [0, 0.1) is 0 Å². The molecule has 1 saturated carbocycles. The van der Waals surface area contributed by atoms with Crippen LogP contribution in [0.3, 0.4) is 0 Å². The molecule has 1 aliphatic carbocycles. The number of hydrogen-bond acceptors (Lipinski definition) is 3. The second kappa shape index (κ2) is 6.03. The molecule has 1 aliphatic rings. The third kappa shape index (κ3) is 2.57. The molecule has 0 radical (unpaired) electrons. The highest BCUT2D eigenvalue weighted by Crippen LogP contribution is 2.45.